The largest absolute Gasteiger partial charge is 0.573 e. The average molecular weight is 528 g/mol. The number of rotatable bonds is 6. The van der Waals surface area contributed by atoms with Crippen molar-refractivity contribution in [3.63, 3.8) is 0 Å². The minimum Gasteiger partial charge on any atom is -0.406 e. The number of nitrogens with one attached hydrogen (secondary N) is 2. The monoisotopic (exact) mass is 527 g/mol. The Labute approximate surface area is 217 Å². The summed E-state index contributed by atoms with van der Waals surface area (Å²) in [6.07, 6.45) is 0.967. The molecule has 1 aliphatic carbocycles. The van der Waals surface area contributed by atoms with Crippen LogP contribution in [0.15, 0.2) is 41.4 Å². The number of aryl methyl sites for hydroxylation is 1. The fraction of sp³-hybridized carbons (Fsp3) is 0.385. The fourth-order valence-corrected chi connectivity index (χ4v) is 4.34. The molecule has 1 fully saturated rings. The third-order valence-electron chi connectivity index (χ3n) is 6.26. The van der Waals surface area contributed by atoms with Crippen LogP contribution in [0.3, 0.4) is 0 Å². The highest BCUT2D eigenvalue weighted by Gasteiger charge is 2.31. The van der Waals surface area contributed by atoms with Gasteiger partial charge < -0.3 is 15.2 Å². The van der Waals surface area contributed by atoms with E-state index in [-0.39, 0.29) is 11.6 Å². The molecule has 3 aromatic rings. The molecule has 12 heteroatoms. The number of fused-ring (bicyclic) bond motifs is 1. The molecule has 0 unspecified atom stereocenters. The predicted octanol–water partition coefficient (Wildman–Crippen LogP) is 5.11. The number of aliphatic imine (C=N–C) groups is 1. The van der Waals surface area contributed by atoms with Crippen molar-refractivity contribution in [1.82, 2.24) is 19.6 Å². The van der Waals surface area contributed by atoms with E-state index in [9.17, 15) is 18.3 Å². The Kier molecular flexibility index (Phi) is 6.38. The Morgan fingerprint density at radius 3 is 2.50 bits per heavy atom. The number of aromatic nitrogens is 4. The molecule has 1 saturated carbocycles. The van der Waals surface area contributed by atoms with Gasteiger partial charge in [-0.1, -0.05) is 0 Å². The van der Waals surface area contributed by atoms with Crippen molar-refractivity contribution in [3.05, 3.63) is 53.4 Å². The summed E-state index contributed by atoms with van der Waals surface area (Å²) in [5.74, 6) is 1.21. The number of halogens is 3. The molecule has 0 spiro atoms. The molecule has 9 nitrogen and oxygen atoms in total. The molecule has 0 amide bonds. The lowest BCUT2D eigenvalue weighted by Gasteiger charge is -2.19. The summed E-state index contributed by atoms with van der Waals surface area (Å²) in [5, 5.41) is 31.7. The maximum Gasteiger partial charge on any atom is 0.573 e. The summed E-state index contributed by atoms with van der Waals surface area (Å²) in [5.41, 5.74) is 2.01. The fourth-order valence-electron chi connectivity index (χ4n) is 4.34. The summed E-state index contributed by atoms with van der Waals surface area (Å²) in [7, 11) is 0. The van der Waals surface area contributed by atoms with Gasteiger partial charge in [0.1, 0.15) is 23.0 Å². The van der Waals surface area contributed by atoms with Crippen molar-refractivity contribution in [1.29, 1.82) is 5.41 Å². The van der Waals surface area contributed by atoms with Gasteiger partial charge in [-0.05, 0) is 69.9 Å². The van der Waals surface area contributed by atoms with Crippen molar-refractivity contribution in [2.45, 2.75) is 58.5 Å². The van der Waals surface area contributed by atoms with Crippen LogP contribution < -0.4 is 10.1 Å². The normalized spacial score (nSPS) is 18.5. The van der Waals surface area contributed by atoms with E-state index in [2.05, 4.69) is 20.1 Å². The molecule has 3 heterocycles. The highest BCUT2D eigenvalue weighted by molar-refractivity contribution is 6.05. The molecule has 1 aliphatic heterocycles. The molecular formula is C26H28F3N7O2. The van der Waals surface area contributed by atoms with Crippen molar-refractivity contribution in [2.24, 2.45) is 10.9 Å². The summed E-state index contributed by atoms with van der Waals surface area (Å²) in [6, 6.07) is 7.35. The lowest BCUT2D eigenvalue weighted by atomic mass is 10.1. The third-order valence-corrected chi connectivity index (χ3v) is 6.26. The SMILES string of the molecule is Cc1cc(C(C)(C)O)n(C2=C/C(=N)Nc3c(c(-c4ccc(OC(F)(F)F)cc4)nn3CC3CC3)C/C=N\2)n1. The Morgan fingerprint density at radius 1 is 1.16 bits per heavy atom. The highest BCUT2D eigenvalue weighted by Crippen LogP contribution is 2.36. The molecule has 2 aliphatic rings. The maximum absolute atomic E-state index is 12.6. The van der Waals surface area contributed by atoms with E-state index in [1.165, 1.54) is 35.0 Å². The molecular weight excluding hydrogens is 499 g/mol. The number of anilines is 1. The van der Waals surface area contributed by atoms with E-state index in [1.807, 2.05) is 11.6 Å². The smallest absolute Gasteiger partial charge is 0.406 e. The van der Waals surface area contributed by atoms with Crippen LogP contribution in [0.1, 0.15) is 43.6 Å². The first-order chi connectivity index (χ1) is 17.9. The number of ether oxygens (including phenoxy) is 1. The van der Waals surface area contributed by atoms with Crippen molar-refractivity contribution in [2.75, 3.05) is 5.32 Å². The van der Waals surface area contributed by atoms with Gasteiger partial charge >= 0.3 is 6.36 Å². The molecule has 1 aromatic carbocycles. The third kappa shape index (κ3) is 5.64. The van der Waals surface area contributed by atoms with E-state index in [0.29, 0.717) is 53.2 Å². The van der Waals surface area contributed by atoms with E-state index in [0.717, 1.165) is 18.4 Å². The second-order valence-electron chi connectivity index (χ2n) is 10.1. The van der Waals surface area contributed by atoms with Crippen LogP contribution in [-0.4, -0.2) is 43.1 Å². The van der Waals surface area contributed by atoms with Crippen LogP contribution in [0.4, 0.5) is 19.0 Å². The standard InChI is InChI=1S/C26H28F3N7O2/c1-15-12-20(25(2,3)37)36(33-15)22-13-21(30)32-24-19(10-11-31-22)23(34-35(24)14-16-4-5-16)17-6-8-18(9-7-17)38-26(27,28)29/h6-9,11-13,16,37H,4-5,10,14H2,1-3H3,(H2,30,32)/b22-13+,31-11-. The van der Waals surface area contributed by atoms with Gasteiger partial charge in [0, 0.05) is 36.4 Å². The van der Waals surface area contributed by atoms with Gasteiger partial charge in [-0.25, -0.2) is 14.4 Å². The van der Waals surface area contributed by atoms with Crippen LogP contribution in [0.25, 0.3) is 17.1 Å². The lowest BCUT2D eigenvalue weighted by Crippen LogP contribution is -2.21. The molecule has 3 N–H and O–H groups in total. The first-order valence-electron chi connectivity index (χ1n) is 12.2. The number of alkyl halides is 3. The minimum absolute atomic E-state index is 0.0487. The van der Waals surface area contributed by atoms with Crippen LogP contribution in [-0.2, 0) is 18.6 Å². The molecule has 0 radical (unpaired) electrons. The van der Waals surface area contributed by atoms with Gasteiger partial charge in [0.25, 0.3) is 0 Å². The molecule has 0 saturated heterocycles. The van der Waals surface area contributed by atoms with Crippen LogP contribution >= 0.6 is 0 Å². The Morgan fingerprint density at radius 2 is 1.87 bits per heavy atom. The van der Waals surface area contributed by atoms with Gasteiger partial charge in [0.2, 0.25) is 0 Å². The molecule has 2 aromatic heterocycles. The predicted molar refractivity (Wildman–Crippen MR) is 137 cm³/mol. The molecule has 5 rings (SSSR count). The first-order valence-corrected chi connectivity index (χ1v) is 12.2. The summed E-state index contributed by atoms with van der Waals surface area (Å²) >= 11 is 0. The van der Waals surface area contributed by atoms with E-state index in [1.54, 1.807) is 26.1 Å². The number of aliphatic hydroxyl groups is 1. The Bertz CT molecular complexity index is 1420. The van der Waals surface area contributed by atoms with Crippen molar-refractivity contribution < 1.29 is 23.0 Å². The molecule has 0 bridgehead atoms. The van der Waals surface area contributed by atoms with E-state index < -0.39 is 12.0 Å². The van der Waals surface area contributed by atoms with Crippen molar-refractivity contribution in [3.8, 4) is 17.0 Å². The summed E-state index contributed by atoms with van der Waals surface area (Å²) in [4.78, 5) is 4.58. The highest BCUT2D eigenvalue weighted by atomic mass is 19.4. The maximum atomic E-state index is 12.6. The van der Waals surface area contributed by atoms with Gasteiger partial charge in [-0.2, -0.15) is 10.2 Å². The molecule has 0 atom stereocenters. The summed E-state index contributed by atoms with van der Waals surface area (Å²) < 4.78 is 45.2. The van der Waals surface area contributed by atoms with Crippen LogP contribution in [0, 0.1) is 18.3 Å². The average Bonchev–Trinajstić information content (AvgIpc) is 3.42. The number of hydrogen-bond acceptors (Lipinski definition) is 6. The quantitative estimate of drug-likeness (QED) is 0.413. The van der Waals surface area contributed by atoms with Crippen LogP contribution in [0.5, 0.6) is 5.75 Å². The lowest BCUT2D eigenvalue weighted by molar-refractivity contribution is -0.274. The van der Waals surface area contributed by atoms with Crippen molar-refractivity contribution >= 4 is 23.7 Å². The van der Waals surface area contributed by atoms with E-state index >= 15 is 0 Å². The zero-order chi connectivity index (χ0) is 27.2. The number of amidine groups is 1. The van der Waals surface area contributed by atoms with Crippen LogP contribution in [0.2, 0.25) is 0 Å². The zero-order valence-corrected chi connectivity index (χ0v) is 21.2. The van der Waals surface area contributed by atoms with Gasteiger partial charge in [0.05, 0.1) is 17.1 Å². The topological polar surface area (TPSA) is 113 Å². The summed E-state index contributed by atoms with van der Waals surface area (Å²) in [6.45, 7) is 5.78. The minimum atomic E-state index is -4.77. The second kappa shape index (κ2) is 9.43. The number of nitrogens with zero attached hydrogens (tertiary/aromatic N) is 5. The Hall–Kier alpha value is -3.93. The van der Waals surface area contributed by atoms with Gasteiger partial charge in [-0.15, -0.1) is 13.2 Å². The van der Waals surface area contributed by atoms with E-state index in [4.69, 9.17) is 10.5 Å². The van der Waals surface area contributed by atoms with Gasteiger partial charge in [0.15, 0.2) is 5.82 Å². The second-order valence-corrected chi connectivity index (χ2v) is 10.1. The Balaban J connectivity index is 1.53. The number of benzene rings is 1. The van der Waals surface area contributed by atoms with Gasteiger partial charge in [-0.3, -0.25) is 5.41 Å². The zero-order valence-electron chi connectivity index (χ0n) is 21.2. The first kappa shape index (κ1) is 25.7. The molecule has 38 heavy (non-hydrogen) atoms. The number of hydrogen-bond donors (Lipinski definition) is 3. The molecule has 200 valence electrons.